The zero-order valence-corrected chi connectivity index (χ0v) is 10.9. The fourth-order valence-electron chi connectivity index (χ4n) is 2.69. The van der Waals surface area contributed by atoms with Gasteiger partial charge in [-0.1, -0.05) is 18.2 Å². The lowest BCUT2D eigenvalue weighted by Crippen LogP contribution is -2.31. The Kier molecular flexibility index (Phi) is 3.62. The first-order valence-corrected chi connectivity index (χ1v) is 6.82. The second kappa shape index (κ2) is 5.55. The minimum Gasteiger partial charge on any atom is -0.395 e. The fraction of sp³-hybridized carbons (Fsp3) is 0.400. The van der Waals surface area contributed by atoms with Gasteiger partial charge in [0.05, 0.1) is 18.0 Å². The molecule has 100 valence electrons. The number of hydrogen-bond donors (Lipinski definition) is 1. The summed E-state index contributed by atoms with van der Waals surface area (Å²) in [6.45, 7) is 2.13. The van der Waals surface area contributed by atoms with Crippen LogP contribution in [0.2, 0.25) is 0 Å². The molecule has 1 aromatic carbocycles. The topological polar surface area (TPSA) is 41.3 Å². The average Bonchev–Trinajstić information content (AvgIpc) is 3.09. The molecule has 0 amide bonds. The smallest absolute Gasteiger partial charge is 0.0769 e. The maximum atomic E-state index is 9.33. The van der Waals surface area contributed by atoms with Gasteiger partial charge in [-0.05, 0) is 37.6 Å². The lowest BCUT2D eigenvalue weighted by atomic mass is 10.2. The minimum absolute atomic E-state index is 0.249. The molecule has 4 heteroatoms. The monoisotopic (exact) mass is 257 g/mol. The van der Waals surface area contributed by atoms with Gasteiger partial charge in [0.25, 0.3) is 0 Å². The summed E-state index contributed by atoms with van der Waals surface area (Å²) in [4.78, 5) is 2.32. The Hall–Kier alpha value is -1.65. The van der Waals surface area contributed by atoms with Gasteiger partial charge in [0.15, 0.2) is 0 Å². The predicted molar refractivity (Wildman–Crippen MR) is 74.1 cm³/mol. The number of likely N-dealkylation sites (tertiary alicyclic amines) is 1. The SMILES string of the molecule is OCC1CCCN1Cc1ccn(-c2ccccc2)n1. The molecule has 1 aromatic heterocycles. The third-order valence-corrected chi connectivity index (χ3v) is 3.74. The van der Waals surface area contributed by atoms with Crippen molar-refractivity contribution in [1.29, 1.82) is 0 Å². The van der Waals surface area contributed by atoms with Crippen LogP contribution >= 0.6 is 0 Å². The van der Waals surface area contributed by atoms with Crippen molar-refractivity contribution in [3.05, 3.63) is 48.3 Å². The van der Waals surface area contributed by atoms with Gasteiger partial charge >= 0.3 is 0 Å². The Morgan fingerprint density at radius 2 is 2.05 bits per heavy atom. The van der Waals surface area contributed by atoms with Crippen molar-refractivity contribution in [3.8, 4) is 5.69 Å². The highest BCUT2D eigenvalue weighted by Crippen LogP contribution is 2.19. The van der Waals surface area contributed by atoms with Gasteiger partial charge in [0.2, 0.25) is 0 Å². The summed E-state index contributed by atoms with van der Waals surface area (Å²) in [6, 6.07) is 12.5. The van der Waals surface area contributed by atoms with E-state index < -0.39 is 0 Å². The van der Waals surface area contributed by atoms with Crippen molar-refractivity contribution in [1.82, 2.24) is 14.7 Å². The minimum atomic E-state index is 0.249. The number of aliphatic hydroxyl groups is 1. The maximum absolute atomic E-state index is 9.33. The highest BCUT2D eigenvalue weighted by Gasteiger charge is 2.24. The Bertz CT molecular complexity index is 523. The summed E-state index contributed by atoms with van der Waals surface area (Å²) >= 11 is 0. The van der Waals surface area contributed by atoms with E-state index in [9.17, 15) is 5.11 Å². The number of aromatic nitrogens is 2. The van der Waals surface area contributed by atoms with Crippen molar-refractivity contribution in [2.24, 2.45) is 0 Å². The van der Waals surface area contributed by atoms with Crippen LogP contribution in [0.25, 0.3) is 5.69 Å². The second-order valence-electron chi connectivity index (χ2n) is 5.04. The number of para-hydroxylation sites is 1. The third kappa shape index (κ3) is 2.69. The third-order valence-electron chi connectivity index (χ3n) is 3.74. The number of benzene rings is 1. The Labute approximate surface area is 113 Å². The van der Waals surface area contributed by atoms with E-state index in [1.165, 1.54) is 6.42 Å². The van der Waals surface area contributed by atoms with Crippen LogP contribution < -0.4 is 0 Å². The van der Waals surface area contributed by atoms with Crippen LogP contribution in [0.1, 0.15) is 18.5 Å². The van der Waals surface area contributed by atoms with Gasteiger partial charge < -0.3 is 5.11 Å². The van der Waals surface area contributed by atoms with Crippen LogP contribution in [0.5, 0.6) is 0 Å². The fourth-order valence-corrected chi connectivity index (χ4v) is 2.69. The number of aliphatic hydroxyl groups excluding tert-OH is 1. The Morgan fingerprint density at radius 3 is 2.84 bits per heavy atom. The molecule has 0 spiro atoms. The van der Waals surface area contributed by atoms with Gasteiger partial charge in [-0.15, -0.1) is 0 Å². The number of rotatable bonds is 4. The average molecular weight is 257 g/mol. The van der Waals surface area contributed by atoms with Crippen LogP contribution in [0.4, 0.5) is 0 Å². The quantitative estimate of drug-likeness (QED) is 0.908. The van der Waals surface area contributed by atoms with Crippen LogP contribution in [0, 0.1) is 0 Å². The van der Waals surface area contributed by atoms with Crippen molar-refractivity contribution in [2.45, 2.75) is 25.4 Å². The molecule has 1 fully saturated rings. The molecule has 0 bridgehead atoms. The van der Waals surface area contributed by atoms with Crippen molar-refractivity contribution in [2.75, 3.05) is 13.2 Å². The lowest BCUT2D eigenvalue weighted by molar-refractivity contribution is 0.152. The van der Waals surface area contributed by atoms with Gasteiger partial charge in [-0.2, -0.15) is 5.10 Å². The van der Waals surface area contributed by atoms with Gasteiger partial charge in [-0.3, -0.25) is 4.90 Å². The first-order valence-electron chi connectivity index (χ1n) is 6.82. The molecule has 1 aliphatic heterocycles. The van der Waals surface area contributed by atoms with E-state index in [-0.39, 0.29) is 6.61 Å². The van der Waals surface area contributed by atoms with Gasteiger partial charge in [-0.25, -0.2) is 4.68 Å². The van der Waals surface area contributed by atoms with E-state index in [1.807, 2.05) is 41.2 Å². The van der Waals surface area contributed by atoms with Gasteiger partial charge in [0, 0.05) is 18.8 Å². The summed E-state index contributed by atoms with van der Waals surface area (Å²) in [7, 11) is 0. The van der Waals surface area contributed by atoms with Crippen molar-refractivity contribution in [3.63, 3.8) is 0 Å². The van der Waals surface area contributed by atoms with E-state index in [4.69, 9.17) is 0 Å². The summed E-state index contributed by atoms with van der Waals surface area (Å²) in [5.41, 5.74) is 2.14. The molecule has 1 atom stereocenters. The maximum Gasteiger partial charge on any atom is 0.0769 e. The molecule has 0 saturated carbocycles. The standard InChI is InChI=1S/C15H19N3O/c19-12-15-7-4-9-17(15)11-13-8-10-18(16-13)14-5-2-1-3-6-14/h1-3,5-6,8,10,15,19H,4,7,9,11-12H2. The van der Waals surface area contributed by atoms with Crippen molar-refractivity contribution >= 4 is 0 Å². The summed E-state index contributed by atoms with van der Waals surface area (Å²) in [5, 5.41) is 13.9. The zero-order chi connectivity index (χ0) is 13.1. The molecule has 1 unspecified atom stereocenters. The predicted octanol–water partition coefficient (Wildman–Crippen LogP) is 1.83. The summed E-state index contributed by atoms with van der Waals surface area (Å²) in [6.07, 6.45) is 4.26. The highest BCUT2D eigenvalue weighted by atomic mass is 16.3. The first kappa shape index (κ1) is 12.4. The molecule has 1 saturated heterocycles. The summed E-state index contributed by atoms with van der Waals surface area (Å²) < 4.78 is 1.90. The molecular formula is C15H19N3O. The molecule has 2 aromatic rings. The Morgan fingerprint density at radius 1 is 1.21 bits per heavy atom. The van der Waals surface area contributed by atoms with Crippen LogP contribution in [0.15, 0.2) is 42.6 Å². The second-order valence-corrected chi connectivity index (χ2v) is 5.04. The molecule has 0 aliphatic carbocycles. The van der Waals surface area contributed by atoms with Gasteiger partial charge in [0.1, 0.15) is 0 Å². The molecule has 0 radical (unpaired) electrons. The molecule has 1 N–H and O–H groups in total. The first-order chi connectivity index (χ1) is 9.36. The number of hydrogen-bond acceptors (Lipinski definition) is 3. The van der Waals surface area contributed by atoms with Crippen LogP contribution in [-0.2, 0) is 6.54 Å². The van der Waals surface area contributed by atoms with E-state index in [1.54, 1.807) is 0 Å². The van der Waals surface area contributed by atoms with Crippen LogP contribution in [-0.4, -0.2) is 39.0 Å². The van der Waals surface area contributed by atoms with Crippen LogP contribution in [0.3, 0.4) is 0 Å². The Balaban J connectivity index is 1.72. The van der Waals surface area contributed by atoms with Crippen molar-refractivity contribution < 1.29 is 5.11 Å². The molecule has 4 nitrogen and oxygen atoms in total. The summed E-state index contributed by atoms with van der Waals surface area (Å²) in [5.74, 6) is 0. The molecule has 1 aliphatic rings. The van der Waals surface area contributed by atoms with E-state index in [0.717, 1.165) is 30.9 Å². The zero-order valence-electron chi connectivity index (χ0n) is 10.9. The van der Waals surface area contributed by atoms with E-state index in [0.29, 0.717) is 6.04 Å². The molecule has 3 rings (SSSR count). The number of nitrogens with zero attached hydrogens (tertiary/aromatic N) is 3. The molecular weight excluding hydrogens is 238 g/mol. The normalized spacial score (nSPS) is 19.9. The van der Waals surface area contributed by atoms with E-state index in [2.05, 4.69) is 16.1 Å². The highest BCUT2D eigenvalue weighted by molar-refractivity contribution is 5.30. The molecule has 19 heavy (non-hydrogen) atoms. The van der Waals surface area contributed by atoms with E-state index >= 15 is 0 Å². The molecule has 2 heterocycles. The largest absolute Gasteiger partial charge is 0.395 e. The lowest BCUT2D eigenvalue weighted by Gasteiger charge is -2.21.